The second kappa shape index (κ2) is 9.17. The van der Waals surface area contributed by atoms with E-state index < -0.39 is 0 Å². The molecule has 2 aromatic carbocycles. The number of aromatic nitrogens is 6. The molecule has 0 amide bonds. The number of nitrogens with two attached hydrogens (primary N) is 2. The molecule has 0 aliphatic rings. The van der Waals surface area contributed by atoms with E-state index in [0.717, 1.165) is 22.6 Å². The molecular weight excluding hydrogens is 463 g/mol. The summed E-state index contributed by atoms with van der Waals surface area (Å²) in [6.07, 6.45) is 0. The van der Waals surface area contributed by atoms with Gasteiger partial charge in [-0.1, -0.05) is 46.7 Å². The highest BCUT2D eigenvalue weighted by atomic mass is 35.5. The molecule has 0 unspecified atom stereocenters. The maximum absolute atomic E-state index is 6.14. The number of rotatable bonds is 7. The minimum Gasteiger partial charge on any atom is -0.335 e. The Morgan fingerprint density at radius 1 is 0.633 bits per heavy atom. The molecule has 0 spiro atoms. The van der Waals surface area contributed by atoms with Gasteiger partial charge in [0.15, 0.2) is 11.6 Å². The van der Waals surface area contributed by atoms with Crippen molar-refractivity contribution in [2.45, 2.75) is 10.3 Å². The Bertz CT molecular complexity index is 1050. The van der Waals surface area contributed by atoms with E-state index >= 15 is 0 Å². The maximum Gasteiger partial charge on any atom is 0.210 e. The molecule has 4 aromatic rings. The van der Waals surface area contributed by atoms with Crippen LogP contribution in [0.1, 0.15) is 0 Å². The SMILES string of the molecule is Nn1c(SCCSc2nnc(-c3ccc(Cl)cc3)n2N)nnc1-c1ccc(Cl)cc1. The van der Waals surface area contributed by atoms with Crippen LogP contribution in [0.5, 0.6) is 0 Å². The van der Waals surface area contributed by atoms with E-state index in [1.54, 1.807) is 24.3 Å². The summed E-state index contributed by atoms with van der Waals surface area (Å²) in [4.78, 5) is 0. The molecule has 2 heterocycles. The average Bonchev–Trinajstić information content (AvgIpc) is 3.29. The summed E-state index contributed by atoms with van der Waals surface area (Å²) in [5, 5.41) is 19.2. The summed E-state index contributed by atoms with van der Waals surface area (Å²) in [7, 11) is 0. The van der Waals surface area contributed by atoms with Gasteiger partial charge in [-0.2, -0.15) is 0 Å². The number of hydrogen-bond acceptors (Lipinski definition) is 8. The summed E-state index contributed by atoms with van der Waals surface area (Å²) >= 11 is 14.9. The molecular formula is C18H16Cl2N8S2. The number of nitrogen functional groups attached to an aromatic ring is 2. The fraction of sp³-hybridized carbons (Fsp3) is 0.111. The molecule has 0 atom stereocenters. The summed E-state index contributed by atoms with van der Waals surface area (Å²) in [5.41, 5.74) is 1.70. The molecule has 0 aliphatic carbocycles. The van der Waals surface area contributed by atoms with Crippen molar-refractivity contribution in [3.63, 3.8) is 0 Å². The second-order valence-electron chi connectivity index (χ2n) is 6.06. The van der Waals surface area contributed by atoms with Gasteiger partial charge in [-0.05, 0) is 48.5 Å². The lowest BCUT2D eigenvalue weighted by Gasteiger charge is -2.05. The summed E-state index contributed by atoms with van der Waals surface area (Å²) in [5.74, 6) is 14.9. The Labute approximate surface area is 190 Å². The molecule has 2 aromatic heterocycles. The van der Waals surface area contributed by atoms with E-state index in [4.69, 9.17) is 34.9 Å². The molecule has 0 bridgehead atoms. The Hall–Kier alpha value is -2.40. The van der Waals surface area contributed by atoms with Gasteiger partial charge < -0.3 is 11.7 Å². The third-order valence-corrected chi connectivity index (χ3v) is 6.73. The molecule has 30 heavy (non-hydrogen) atoms. The van der Waals surface area contributed by atoms with Gasteiger partial charge in [-0.15, -0.1) is 20.4 Å². The van der Waals surface area contributed by atoms with E-state index in [2.05, 4.69) is 20.4 Å². The van der Waals surface area contributed by atoms with Gasteiger partial charge in [0.05, 0.1) is 0 Å². The van der Waals surface area contributed by atoms with Crippen molar-refractivity contribution in [3.8, 4) is 22.8 Å². The molecule has 4 N–H and O–H groups in total. The van der Waals surface area contributed by atoms with Gasteiger partial charge in [-0.25, -0.2) is 9.35 Å². The minimum atomic E-state index is 0.580. The second-order valence-corrected chi connectivity index (χ2v) is 9.06. The van der Waals surface area contributed by atoms with Crippen molar-refractivity contribution >= 4 is 46.7 Å². The highest BCUT2D eigenvalue weighted by Crippen LogP contribution is 2.26. The molecule has 154 valence electrons. The van der Waals surface area contributed by atoms with Crippen molar-refractivity contribution in [2.75, 3.05) is 23.2 Å². The van der Waals surface area contributed by atoms with Crippen molar-refractivity contribution in [1.82, 2.24) is 29.7 Å². The smallest absolute Gasteiger partial charge is 0.210 e. The third kappa shape index (κ3) is 4.51. The number of nitrogens with zero attached hydrogens (tertiary/aromatic N) is 6. The Morgan fingerprint density at radius 2 is 1.00 bits per heavy atom. The van der Waals surface area contributed by atoms with Crippen molar-refractivity contribution in [2.24, 2.45) is 0 Å². The van der Waals surface area contributed by atoms with Gasteiger partial charge in [0.1, 0.15) is 0 Å². The predicted molar refractivity (Wildman–Crippen MR) is 123 cm³/mol. The van der Waals surface area contributed by atoms with Crippen molar-refractivity contribution in [1.29, 1.82) is 0 Å². The van der Waals surface area contributed by atoms with Crippen molar-refractivity contribution in [3.05, 3.63) is 58.6 Å². The first kappa shape index (κ1) is 20.9. The van der Waals surface area contributed by atoms with Crippen LogP contribution in [-0.4, -0.2) is 41.3 Å². The molecule has 0 radical (unpaired) electrons. The van der Waals surface area contributed by atoms with Gasteiger partial charge in [0.2, 0.25) is 10.3 Å². The Kier molecular flexibility index (Phi) is 6.38. The largest absolute Gasteiger partial charge is 0.335 e. The molecule has 8 nitrogen and oxygen atoms in total. The van der Waals surface area contributed by atoms with Crippen LogP contribution in [0.25, 0.3) is 22.8 Å². The topological polar surface area (TPSA) is 113 Å². The van der Waals surface area contributed by atoms with Crippen LogP contribution in [0.15, 0.2) is 58.8 Å². The first-order chi connectivity index (χ1) is 14.5. The highest BCUT2D eigenvalue weighted by molar-refractivity contribution is 8.02. The van der Waals surface area contributed by atoms with Crippen LogP contribution in [0.3, 0.4) is 0 Å². The maximum atomic E-state index is 6.14. The fourth-order valence-corrected chi connectivity index (χ4v) is 4.54. The monoisotopic (exact) mass is 478 g/mol. The first-order valence-corrected chi connectivity index (χ1v) is 11.4. The molecule has 0 fully saturated rings. The fourth-order valence-electron chi connectivity index (χ4n) is 2.61. The molecule has 4 rings (SSSR count). The van der Waals surface area contributed by atoms with E-state index in [0.29, 0.717) is 32.0 Å². The Morgan fingerprint density at radius 3 is 1.37 bits per heavy atom. The zero-order valence-electron chi connectivity index (χ0n) is 15.4. The van der Waals surface area contributed by atoms with Crippen LogP contribution in [-0.2, 0) is 0 Å². The van der Waals surface area contributed by atoms with E-state index in [1.165, 1.54) is 32.9 Å². The highest BCUT2D eigenvalue weighted by Gasteiger charge is 2.14. The normalized spacial score (nSPS) is 11.1. The van der Waals surface area contributed by atoms with Crippen LogP contribution < -0.4 is 11.7 Å². The molecule has 12 heteroatoms. The predicted octanol–water partition coefficient (Wildman–Crippen LogP) is 3.82. The molecule has 0 aliphatic heterocycles. The zero-order valence-corrected chi connectivity index (χ0v) is 18.6. The van der Waals surface area contributed by atoms with E-state index in [-0.39, 0.29) is 0 Å². The summed E-state index contributed by atoms with van der Waals surface area (Å²) in [6, 6.07) is 14.6. The number of benzene rings is 2. The van der Waals surface area contributed by atoms with Gasteiger partial charge >= 0.3 is 0 Å². The van der Waals surface area contributed by atoms with Crippen LogP contribution >= 0.6 is 46.7 Å². The number of halogens is 2. The number of thioether (sulfide) groups is 2. The Balaban J connectivity index is 1.35. The lowest BCUT2D eigenvalue weighted by atomic mass is 10.2. The zero-order chi connectivity index (χ0) is 21.1. The standard InChI is InChI=1S/C18H16Cl2N8S2/c19-13-5-1-11(2-6-13)15-23-25-17(27(15)21)29-9-10-30-18-26-24-16(28(18)22)12-3-7-14(20)8-4-12/h1-8H,9-10,21-22H2. The van der Waals surface area contributed by atoms with Crippen molar-refractivity contribution < 1.29 is 0 Å². The lowest BCUT2D eigenvalue weighted by Crippen LogP contribution is -2.12. The third-order valence-electron chi connectivity index (χ3n) is 4.08. The summed E-state index contributed by atoms with van der Waals surface area (Å²) < 4.78 is 2.95. The lowest BCUT2D eigenvalue weighted by molar-refractivity contribution is 0.848. The van der Waals surface area contributed by atoms with Crippen LogP contribution in [0.2, 0.25) is 10.0 Å². The van der Waals surface area contributed by atoms with Gasteiger partial charge in [0.25, 0.3) is 0 Å². The minimum absolute atomic E-state index is 0.580. The van der Waals surface area contributed by atoms with E-state index in [1.807, 2.05) is 24.3 Å². The van der Waals surface area contributed by atoms with Crippen LogP contribution in [0.4, 0.5) is 0 Å². The van der Waals surface area contributed by atoms with Crippen LogP contribution in [0, 0.1) is 0 Å². The van der Waals surface area contributed by atoms with E-state index in [9.17, 15) is 0 Å². The average molecular weight is 479 g/mol. The molecule has 0 saturated carbocycles. The summed E-state index contributed by atoms with van der Waals surface area (Å²) in [6.45, 7) is 0. The number of hydrogen-bond donors (Lipinski definition) is 2. The van der Waals surface area contributed by atoms with Gasteiger partial charge in [0, 0.05) is 32.7 Å². The first-order valence-electron chi connectivity index (χ1n) is 8.71. The van der Waals surface area contributed by atoms with Gasteiger partial charge in [-0.3, -0.25) is 0 Å². The molecule has 0 saturated heterocycles. The quantitative estimate of drug-likeness (QED) is 0.234.